The zero-order chi connectivity index (χ0) is 18.4. The molecule has 3 unspecified atom stereocenters. The topological polar surface area (TPSA) is 52.4 Å². The number of nitriles is 1. The second-order valence-corrected chi connectivity index (χ2v) is 7.87. The van der Waals surface area contributed by atoms with Crippen molar-refractivity contribution >= 4 is 5.82 Å². The minimum absolute atomic E-state index is 0.428. The van der Waals surface area contributed by atoms with Crippen LogP contribution in [-0.4, -0.2) is 48.7 Å². The summed E-state index contributed by atoms with van der Waals surface area (Å²) in [5, 5.41) is 9.61. The lowest BCUT2D eigenvalue weighted by Crippen LogP contribution is -2.60. The van der Waals surface area contributed by atoms with Crippen LogP contribution in [0.2, 0.25) is 0 Å². The highest BCUT2D eigenvalue weighted by molar-refractivity contribution is 5.57. The van der Waals surface area contributed by atoms with E-state index in [2.05, 4.69) is 45.1 Å². The third-order valence-electron chi connectivity index (χ3n) is 6.72. The van der Waals surface area contributed by atoms with Crippen LogP contribution in [0.25, 0.3) is 0 Å². The van der Waals surface area contributed by atoms with E-state index in [4.69, 9.17) is 4.74 Å². The van der Waals surface area contributed by atoms with E-state index < -0.39 is 0 Å². The molecular formula is C22H24N4O. The van der Waals surface area contributed by atoms with Crippen molar-refractivity contribution < 1.29 is 4.74 Å². The predicted molar refractivity (Wildman–Crippen MR) is 104 cm³/mol. The summed E-state index contributed by atoms with van der Waals surface area (Å²) in [6.45, 7) is 3.31. The molecule has 3 atom stereocenters. The molecule has 0 N–H and O–H groups in total. The first-order chi connectivity index (χ1) is 13.3. The molecule has 27 heavy (non-hydrogen) atoms. The summed E-state index contributed by atoms with van der Waals surface area (Å²) in [6, 6.07) is 15.6. The summed E-state index contributed by atoms with van der Waals surface area (Å²) in [4.78, 5) is 9.74. The molecule has 5 heterocycles. The zero-order valence-electron chi connectivity index (χ0n) is 15.6. The standard InChI is InChI=1S/C22H24N4O/c1-27-18-6-4-15(5-7-18)19-14-26(22-17(13-23)3-2-10-24-22)20-16-8-11-25(12-9-16)21(19)20/h2-7,10,16,19-21H,8-9,11-12,14H2,1H3. The van der Waals surface area contributed by atoms with Crippen LogP contribution in [0.5, 0.6) is 5.75 Å². The van der Waals surface area contributed by atoms with Gasteiger partial charge in [0.05, 0.1) is 12.7 Å². The lowest BCUT2D eigenvalue weighted by molar-refractivity contribution is 0.0354. The summed E-state index contributed by atoms with van der Waals surface area (Å²) >= 11 is 0. The van der Waals surface area contributed by atoms with Crippen molar-refractivity contribution in [2.45, 2.75) is 30.8 Å². The number of ether oxygens (including phenoxy) is 1. The number of benzene rings is 1. The predicted octanol–water partition coefficient (Wildman–Crippen LogP) is 3.03. The normalized spacial score (nSPS) is 31.4. The number of rotatable bonds is 3. The van der Waals surface area contributed by atoms with Gasteiger partial charge in [0.15, 0.2) is 0 Å². The van der Waals surface area contributed by atoms with Gasteiger partial charge < -0.3 is 9.64 Å². The number of fused-ring (bicyclic) bond motifs is 2. The molecule has 4 aliphatic rings. The Bertz CT molecular complexity index is 867. The van der Waals surface area contributed by atoms with Crippen molar-refractivity contribution in [2.75, 3.05) is 31.6 Å². The van der Waals surface area contributed by atoms with Crippen molar-refractivity contribution in [1.82, 2.24) is 9.88 Å². The number of hydrogen-bond acceptors (Lipinski definition) is 5. The maximum absolute atomic E-state index is 9.61. The summed E-state index contributed by atoms with van der Waals surface area (Å²) in [7, 11) is 1.71. The van der Waals surface area contributed by atoms with Gasteiger partial charge in [-0.05, 0) is 61.7 Å². The first kappa shape index (κ1) is 16.6. The monoisotopic (exact) mass is 360 g/mol. The van der Waals surface area contributed by atoms with Crippen LogP contribution in [0.1, 0.15) is 29.9 Å². The fourth-order valence-electron chi connectivity index (χ4n) is 5.52. The summed E-state index contributed by atoms with van der Waals surface area (Å²) in [5.41, 5.74) is 2.04. The van der Waals surface area contributed by atoms with Crippen LogP contribution >= 0.6 is 0 Å². The average Bonchev–Trinajstić information content (AvgIpc) is 3.17. The molecular weight excluding hydrogens is 336 g/mol. The van der Waals surface area contributed by atoms with E-state index in [1.54, 1.807) is 7.11 Å². The van der Waals surface area contributed by atoms with Gasteiger partial charge in [-0.3, -0.25) is 4.90 Å². The van der Waals surface area contributed by atoms with E-state index in [0.717, 1.165) is 18.1 Å². The summed E-state index contributed by atoms with van der Waals surface area (Å²) in [6.07, 6.45) is 4.32. The van der Waals surface area contributed by atoms with Gasteiger partial charge in [-0.1, -0.05) is 12.1 Å². The SMILES string of the molecule is COc1ccc(C2CN(c3ncccc3C#N)C3C4CCN(CC4)C23)cc1. The van der Waals surface area contributed by atoms with Gasteiger partial charge in [-0.2, -0.15) is 5.26 Å². The van der Waals surface area contributed by atoms with Gasteiger partial charge in [0.2, 0.25) is 0 Å². The van der Waals surface area contributed by atoms with Crippen LogP contribution in [0, 0.1) is 17.2 Å². The average molecular weight is 360 g/mol. The molecule has 1 aromatic heterocycles. The molecule has 5 nitrogen and oxygen atoms in total. The Hall–Kier alpha value is -2.58. The summed E-state index contributed by atoms with van der Waals surface area (Å²) in [5.74, 6) is 2.88. The molecule has 0 saturated carbocycles. The Morgan fingerprint density at radius 3 is 2.59 bits per heavy atom. The fraction of sp³-hybridized carbons (Fsp3) is 0.455. The minimum atomic E-state index is 0.428. The molecule has 2 bridgehead atoms. The molecule has 4 saturated heterocycles. The van der Waals surface area contributed by atoms with E-state index in [-0.39, 0.29) is 0 Å². The van der Waals surface area contributed by atoms with Crippen LogP contribution in [0.3, 0.4) is 0 Å². The quantitative estimate of drug-likeness (QED) is 0.842. The molecule has 2 aromatic rings. The Morgan fingerprint density at radius 1 is 1.11 bits per heavy atom. The molecule has 0 radical (unpaired) electrons. The number of hydrogen-bond donors (Lipinski definition) is 0. The van der Waals surface area contributed by atoms with Crippen LogP contribution in [0.15, 0.2) is 42.6 Å². The van der Waals surface area contributed by atoms with Crippen molar-refractivity contribution in [2.24, 2.45) is 5.92 Å². The molecule has 138 valence electrons. The highest BCUT2D eigenvalue weighted by Crippen LogP contribution is 2.48. The van der Waals surface area contributed by atoms with Crippen LogP contribution in [-0.2, 0) is 0 Å². The molecule has 4 aliphatic heterocycles. The van der Waals surface area contributed by atoms with Crippen molar-refractivity contribution in [1.29, 1.82) is 5.26 Å². The zero-order valence-corrected chi connectivity index (χ0v) is 15.6. The maximum atomic E-state index is 9.61. The number of nitrogens with zero attached hydrogens (tertiary/aromatic N) is 4. The van der Waals surface area contributed by atoms with E-state index >= 15 is 0 Å². The molecule has 5 heteroatoms. The van der Waals surface area contributed by atoms with Crippen LogP contribution in [0.4, 0.5) is 5.82 Å². The van der Waals surface area contributed by atoms with Gasteiger partial charge in [-0.25, -0.2) is 4.98 Å². The third kappa shape index (κ3) is 2.59. The number of piperidine rings is 3. The van der Waals surface area contributed by atoms with Crippen molar-refractivity contribution in [3.63, 3.8) is 0 Å². The molecule has 0 aliphatic carbocycles. The summed E-state index contributed by atoms with van der Waals surface area (Å²) < 4.78 is 5.34. The van der Waals surface area contributed by atoms with Crippen molar-refractivity contribution in [3.8, 4) is 11.8 Å². The van der Waals surface area contributed by atoms with Gasteiger partial charge in [0.1, 0.15) is 17.6 Å². The highest BCUT2D eigenvalue weighted by atomic mass is 16.5. The minimum Gasteiger partial charge on any atom is -0.497 e. The number of methoxy groups -OCH3 is 1. The number of pyridine rings is 1. The molecule has 4 fully saturated rings. The fourth-order valence-corrected chi connectivity index (χ4v) is 5.52. The second kappa shape index (κ2) is 6.54. The first-order valence-corrected chi connectivity index (χ1v) is 9.80. The molecule has 6 rings (SSSR count). The maximum Gasteiger partial charge on any atom is 0.146 e. The smallest absolute Gasteiger partial charge is 0.146 e. The second-order valence-electron chi connectivity index (χ2n) is 7.87. The Kier molecular flexibility index (Phi) is 4.02. The van der Waals surface area contributed by atoms with E-state index in [1.807, 2.05) is 18.3 Å². The third-order valence-corrected chi connectivity index (χ3v) is 6.72. The van der Waals surface area contributed by atoms with Gasteiger partial charge >= 0.3 is 0 Å². The van der Waals surface area contributed by atoms with Gasteiger partial charge in [0, 0.05) is 30.7 Å². The Balaban J connectivity index is 1.56. The largest absolute Gasteiger partial charge is 0.497 e. The highest BCUT2D eigenvalue weighted by Gasteiger charge is 2.54. The Labute approximate surface area is 160 Å². The lowest BCUT2D eigenvalue weighted by atomic mass is 9.75. The van der Waals surface area contributed by atoms with E-state index in [9.17, 15) is 5.26 Å². The molecule has 0 amide bonds. The number of anilines is 1. The Morgan fingerprint density at radius 2 is 1.89 bits per heavy atom. The number of aromatic nitrogens is 1. The van der Waals surface area contributed by atoms with Crippen LogP contribution < -0.4 is 9.64 Å². The van der Waals surface area contributed by atoms with E-state index in [0.29, 0.717) is 29.5 Å². The van der Waals surface area contributed by atoms with Crippen molar-refractivity contribution in [3.05, 3.63) is 53.7 Å². The molecule has 0 spiro atoms. The lowest BCUT2D eigenvalue weighted by Gasteiger charge is -2.51. The van der Waals surface area contributed by atoms with E-state index in [1.165, 1.54) is 31.5 Å². The van der Waals surface area contributed by atoms with Gasteiger partial charge in [0.25, 0.3) is 0 Å². The first-order valence-electron chi connectivity index (χ1n) is 9.80. The van der Waals surface area contributed by atoms with Gasteiger partial charge in [-0.15, -0.1) is 0 Å². The molecule has 1 aromatic carbocycles.